The molecule has 2 N–H and O–H groups in total. The predicted octanol–water partition coefficient (Wildman–Crippen LogP) is 4.83. The number of piperidine rings is 1. The van der Waals surface area contributed by atoms with E-state index in [9.17, 15) is 26.3 Å². The zero-order valence-corrected chi connectivity index (χ0v) is 21.6. The number of rotatable bonds is 4. The zero-order chi connectivity index (χ0) is 30.9. The molecule has 10 nitrogen and oxygen atoms in total. The molecule has 1 saturated heterocycles. The van der Waals surface area contributed by atoms with Crippen molar-refractivity contribution < 1.29 is 46.1 Å². The van der Waals surface area contributed by atoms with Gasteiger partial charge in [-0.25, -0.2) is 9.59 Å². The van der Waals surface area contributed by atoms with Crippen molar-refractivity contribution in [1.29, 1.82) is 0 Å². The quantitative estimate of drug-likeness (QED) is 0.317. The van der Waals surface area contributed by atoms with Crippen molar-refractivity contribution in [2.75, 3.05) is 13.1 Å². The summed E-state index contributed by atoms with van der Waals surface area (Å²) >= 11 is 0. The van der Waals surface area contributed by atoms with Crippen LogP contribution in [0.3, 0.4) is 0 Å². The number of fused-ring (bicyclic) bond motifs is 1. The summed E-state index contributed by atoms with van der Waals surface area (Å²) < 4.78 is 65.4. The smallest absolute Gasteiger partial charge is 0.475 e. The summed E-state index contributed by atoms with van der Waals surface area (Å²) in [5, 5.41) is 27.9. The predicted molar refractivity (Wildman–Crippen MR) is 135 cm³/mol. The normalized spacial score (nSPS) is 14.3. The molecular weight excluding hydrogens is 574 g/mol. The van der Waals surface area contributed by atoms with Gasteiger partial charge in [0, 0.05) is 30.4 Å². The van der Waals surface area contributed by atoms with Crippen molar-refractivity contribution in [3.05, 3.63) is 78.4 Å². The highest BCUT2D eigenvalue weighted by Crippen LogP contribution is 2.28. The summed E-state index contributed by atoms with van der Waals surface area (Å²) in [5.74, 6) is -4.15. The van der Waals surface area contributed by atoms with Gasteiger partial charge in [0.2, 0.25) is 0 Å². The standard InChI is InChI=1S/C22H22N6.2C2HF3O2/c1-2-6-18(7-3-1)20-8-9-21-24-25-22(28(21)26-20)19-10-13-27(14-11-19)16-17-5-4-12-23-15-17;2*3-2(4,5)1(6)7/h1-9,12,15,19H,10-11,13-14,16H2;2*(H,6,7). The van der Waals surface area contributed by atoms with Crippen molar-refractivity contribution in [1.82, 2.24) is 29.7 Å². The van der Waals surface area contributed by atoms with Gasteiger partial charge in [-0.1, -0.05) is 36.4 Å². The summed E-state index contributed by atoms with van der Waals surface area (Å²) in [6.45, 7) is 3.05. The highest BCUT2D eigenvalue weighted by Gasteiger charge is 2.38. The van der Waals surface area contributed by atoms with E-state index >= 15 is 0 Å². The van der Waals surface area contributed by atoms with E-state index in [0.29, 0.717) is 5.92 Å². The molecule has 3 aromatic heterocycles. The van der Waals surface area contributed by atoms with Crippen LogP contribution in [0.5, 0.6) is 0 Å². The number of carboxylic acid groups (broad SMARTS) is 2. The molecule has 224 valence electrons. The molecule has 0 spiro atoms. The first kappa shape index (κ1) is 31.9. The lowest BCUT2D eigenvalue weighted by Gasteiger charge is -2.30. The zero-order valence-electron chi connectivity index (χ0n) is 21.6. The van der Waals surface area contributed by atoms with E-state index in [1.165, 1.54) is 5.56 Å². The summed E-state index contributed by atoms with van der Waals surface area (Å²) in [6, 6.07) is 18.4. The molecule has 16 heteroatoms. The third-order valence-electron chi connectivity index (χ3n) is 5.92. The summed E-state index contributed by atoms with van der Waals surface area (Å²) in [4.78, 5) is 24.5. The Morgan fingerprint density at radius 2 is 1.43 bits per heavy atom. The van der Waals surface area contributed by atoms with Crippen molar-refractivity contribution in [2.24, 2.45) is 0 Å². The lowest BCUT2D eigenvalue weighted by molar-refractivity contribution is -0.193. The number of carboxylic acids is 2. The van der Waals surface area contributed by atoms with Crippen LogP contribution >= 0.6 is 0 Å². The largest absolute Gasteiger partial charge is 0.490 e. The second kappa shape index (κ2) is 13.8. The van der Waals surface area contributed by atoms with Gasteiger partial charge in [-0.3, -0.25) is 9.88 Å². The van der Waals surface area contributed by atoms with Crippen LogP contribution < -0.4 is 0 Å². The van der Waals surface area contributed by atoms with E-state index in [-0.39, 0.29) is 0 Å². The number of benzene rings is 1. The van der Waals surface area contributed by atoms with Crippen molar-refractivity contribution in [3.63, 3.8) is 0 Å². The van der Waals surface area contributed by atoms with E-state index < -0.39 is 24.3 Å². The Morgan fingerprint density at radius 1 is 0.833 bits per heavy atom. The SMILES string of the molecule is O=C(O)C(F)(F)F.O=C(O)C(F)(F)F.c1ccc(-c2ccc3nnc(C4CCN(Cc5cccnc5)CC4)n3n2)cc1. The summed E-state index contributed by atoms with van der Waals surface area (Å²) in [6.07, 6.45) is -4.26. The van der Waals surface area contributed by atoms with Gasteiger partial charge >= 0.3 is 24.3 Å². The molecule has 4 heterocycles. The Labute approximate surface area is 234 Å². The third-order valence-corrected chi connectivity index (χ3v) is 5.92. The van der Waals surface area contributed by atoms with Crippen molar-refractivity contribution >= 4 is 17.6 Å². The van der Waals surface area contributed by atoms with Gasteiger partial charge in [0.15, 0.2) is 11.5 Å². The first-order chi connectivity index (χ1) is 19.8. The number of likely N-dealkylation sites (tertiary alicyclic amines) is 1. The minimum atomic E-state index is -5.08. The van der Waals surface area contributed by atoms with Crippen molar-refractivity contribution in [3.8, 4) is 11.3 Å². The average Bonchev–Trinajstić information content (AvgIpc) is 3.37. The maximum atomic E-state index is 10.6. The molecule has 1 aromatic carbocycles. The molecule has 0 amide bonds. The van der Waals surface area contributed by atoms with Crippen LogP contribution in [-0.4, -0.2) is 77.3 Å². The van der Waals surface area contributed by atoms with Crippen LogP contribution in [0, 0.1) is 0 Å². The van der Waals surface area contributed by atoms with Crippen LogP contribution in [0.2, 0.25) is 0 Å². The van der Waals surface area contributed by atoms with Crippen LogP contribution in [0.1, 0.15) is 30.1 Å². The molecule has 4 aromatic rings. The molecule has 0 radical (unpaired) electrons. The van der Waals surface area contributed by atoms with Crippen LogP contribution in [0.25, 0.3) is 16.9 Å². The maximum absolute atomic E-state index is 10.6. The number of aliphatic carboxylic acids is 2. The third kappa shape index (κ3) is 9.22. The van der Waals surface area contributed by atoms with Gasteiger partial charge in [0.1, 0.15) is 0 Å². The second-order valence-corrected chi connectivity index (χ2v) is 8.93. The van der Waals surface area contributed by atoms with E-state index in [1.54, 1.807) is 0 Å². The van der Waals surface area contributed by atoms with Gasteiger partial charge in [-0.05, 0) is 49.7 Å². The van der Waals surface area contributed by atoms with Gasteiger partial charge in [-0.15, -0.1) is 10.2 Å². The number of nitrogens with zero attached hydrogens (tertiary/aromatic N) is 6. The van der Waals surface area contributed by atoms with Crippen LogP contribution in [-0.2, 0) is 16.1 Å². The van der Waals surface area contributed by atoms with Crippen LogP contribution in [0.15, 0.2) is 67.0 Å². The lowest BCUT2D eigenvalue weighted by Crippen LogP contribution is -2.33. The Kier molecular flexibility index (Phi) is 10.5. The molecular formula is C26H24F6N6O4. The molecule has 1 aliphatic heterocycles. The first-order valence-electron chi connectivity index (χ1n) is 12.2. The van der Waals surface area contributed by atoms with E-state index in [2.05, 4.69) is 38.3 Å². The Hall–Kier alpha value is -4.60. The fraction of sp³-hybridized carbons (Fsp3) is 0.308. The van der Waals surface area contributed by atoms with Crippen molar-refractivity contribution in [2.45, 2.75) is 37.7 Å². The fourth-order valence-electron chi connectivity index (χ4n) is 3.92. The number of aromatic nitrogens is 5. The topological polar surface area (TPSA) is 134 Å². The molecule has 42 heavy (non-hydrogen) atoms. The second-order valence-electron chi connectivity index (χ2n) is 8.93. The number of alkyl halides is 6. The van der Waals surface area contributed by atoms with E-state index in [1.807, 2.05) is 53.3 Å². The lowest BCUT2D eigenvalue weighted by atomic mass is 9.96. The number of halogens is 6. The molecule has 0 unspecified atom stereocenters. The minimum Gasteiger partial charge on any atom is -0.475 e. The minimum absolute atomic E-state index is 0.388. The highest BCUT2D eigenvalue weighted by atomic mass is 19.4. The number of hydrogen-bond acceptors (Lipinski definition) is 7. The number of pyridine rings is 1. The number of hydrogen-bond donors (Lipinski definition) is 2. The fourth-order valence-corrected chi connectivity index (χ4v) is 3.92. The van der Waals surface area contributed by atoms with Gasteiger partial charge in [-0.2, -0.15) is 36.0 Å². The van der Waals surface area contributed by atoms with E-state index in [4.69, 9.17) is 24.9 Å². The number of carbonyl (C=O) groups is 2. The molecule has 1 aliphatic rings. The molecule has 5 rings (SSSR count). The first-order valence-corrected chi connectivity index (χ1v) is 12.2. The van der Waals surface area contributed by atoms with Gasteiger partial charge in [0.25, 0.3) is 0 Å². The maximum Gasteiger partial charge on any atom is 0.490 e. The Balaban J connectivity index is 0.000000289. The van der Waals surface area contributed by atoms with Gasteiger partial charge in [0.05, 0.1) is 5.69 Å². The van der Waals surface area contributed by atoms with Gasteiger partial charge < -0.3 is 10.2 Å². The van der Waals surface area contributed by atoms with E-state index in [0.717, 1.165) is 55.2 Å². The average molecular weight is 599 g/mol. The highest BCUT2D eigenvalue weighted by molar-refractivity contribution is 5.73. The Bertz CT molecular complexity index is 1430. The Morgan fingerprint density at radius 3 is 1.95 bits per heavy atom. The molecule has 0 bridgehead atoms. The van der Waals surface area contributed by atoms with Crippen LogP contribution in [0.4, 0.5) is 26.3 Å². The monoisotopic (exact) mass is 598 g/mol. The molecule has 1 fully saturated rings. The summed E-state index contributed by atoms with van der Waals surface area (Å²) in [7, 11) is 0. The molecule has 0 atom stereocenters. The summed E-state index contributed by atoms with van der Waals surface area (Å²) in [5.41, 5.74) is 4.13. The molecule has 0 aliphatic carbocycles. The molecule has 0 saturated carbocycles.